The van der Waals surface area contributed by atoms with Gasteiger partial charge in [-0.25, -0.2) is 16.8 Å². The molecular formula is C18H24N4O4S2. The number of hydrogen-bond donors (Lipinski definition) is 0. The molecule has 1 aromatic heterocycles. The number of sulfone groups is 1. The van der Waals surface area contributed by atoms with Crippen LogP contribution in [0.25, 0.3) is 0 Å². The molecule has 2 aliphatic heterocycles. The van der Waals surface area contributed by atoms with Crippen LogP contribution in [0.4, 0.5) is 0 Å². The van der Waals surface area contributed by atoms with Crippen LogP contribution in [-0.2, 0) is 32.8 Å². The molecular weight excluding hydrogens is 400 g/mol. The number of sulfonamides is 1. The Bertz CT molecular complexity index is 1080. The maximum Gasteiger partial charge on any atom is 0.243 e. The summed E-state index contributed by atoms with van der Waals surface area (Å²) in [5, 5.41) is 8.67. The Balaban J connectivity index is 1.67. The van der Waals surface area contributed by atoms with Gasteiger partial charge in [0.05, 0.1) is 15.8 Å². The molecule has 10 heteroatoms. The second-order valence-corrected chi connectivity index (χ2v) is 11.4. The zero-order valence-electron chi connectivity index (χ0n) is 15.8. The van der Waals surface area contributed by atoms with Gasteiger partial charge in [-0.05, 0) is 49.9 Å². The van der Waals surface area contributed by atoms with E-state index in [1.54, 1.807) is 0 Å². The normalized spacial score (nSPS) is 21.4. The molecule has 0 amide bonds. The fraction of sp³-hybridized carbons (Fsp3) is 0.556. The number of rotatable bonds is 4. The Hall–Kier alpha value is -1.78. The van der Waals surface area contributed by atoms with Crippen molar-refractivity contribution in [3.63, 3.8) is 0 Å². The van der Waals surface area contributed by atoms with E-state index in [1.165, 1.54) is 28.6 Å². The van der Waals surface area contributed by atoms with Crippen molar-refractivity contribution in [2.45, 2.75) is 60.9 Å². The molecule has 0 bridgehead atoms. The summed E-state index contributed by atoms with van der Waals surface area (Å²) in [6.07, 6.45) is 6.71. The molecule has 1 saturated heterocycles. The summed E-state index contributed by atoms with van der Waals surface area (Å²) in [6.45, 7) is 1.24. The summed E-state index contributed by atoms with van der Waals surface area (Å²) in [6, 6.07) is 5.09. The lowest BCUT2D eigenvalue weighted by Crippen LogP contribution is -2.32. The van der Waals surface area contributed by atoms with E-state index in [0.29, 0.717) is 13.0 Å². The average Bonchev–Trinajstić information content (AvgIpc) is 3.22. The molecule has 0 N–H and O–H groups in total. The van der Waals surface area contributed by atoms with Crippen molar-refractivity contribution >= 4 is 19.9 Å². The number of aryl methyl sites for hydroxylation is 1. The van der Waals surface area contributed by atoms with Gasteiger partial charge in [-0.15, -0.1) is 10.2 Å². The van der Waals surface area contributed by atoms with Gasteiger partial charge in [-0.3, -0.25) is 0 Å². The zero-order chi connectivity index (χ0) is 19.9. The van der Waals surface area contributed by atoms with Gasteiger partial charge >= 0.3 is 0 Å². The molecule has 1 aromatic carbocycles. The minimum Gasteiger partial charge on any atom is -0.314 e. The molecule has 0 spiro atoms. The van der Waals surface area contributed by atoms with Crippen molar-refractivity contribution in [3.05, 3.63) is 35.9 Å². The van der Waals surface area contributed by atoms with Crippen LogP contribution in [0.15, 0.2) is 34.1 Å². The van der Waals surface area contributed by atoms with Crippen LogP contribution in [0.3, 0.4) is 0 Å². The van der Waals surface area contributed by atoms with Crippen LogP contribution < -0.4 is 0 Å². The lowest BCUT2D eigenvalue weighted by molar-refractivity contribution is 0.370. The van der Waals surface area contributed by atoms with Crippen molar-refractivity contribution in [2.24, 2.45) is 0 Å². The smallest absolute Gasteiger partial charge is 0.243 e. The fourth-order valence-electron chi connectivity index (χ4n) is 4.03. The molecule has 4 rings (SSSR count). The fourth-order valence-corrected chi connectivity index (χ4v) is 6.32. The standard InChI is InChI=1S/C18H24N4O4S2/c1-27(23,24)14-8-10-15(11-9-14)28(25,26)22-13-5-6-16(22)18-20-19-17-7-3-2-4-12-21(17)18/h8-11,16H,2-7,12-13H2,1H3. The molecule has 0 aliphatic carbocycles. The van der Waals surface area contributed by atoms with E-state index < -0.39 is 19.9 Å². The number of nitrogens with zero attached hydrogens (tertiary/aromatic N) is 4. The van der Waals surface area contributed by atoms with E-state index >= 15 is 0 Å². The summed E-state index contributed by atoms with van der Waals surface area (Å²) < 4.78 is 53.4. The minimum atomic E-state index is -3.75. The number of benzene rings is 1. The second-order valence-electron chi connectivity index (χ2n) is 7.45. The quantitative estimate of drug-likeness (QED) is 0.743. The minimum absolute atomic E-state index is 0.0994. The largest absolute Gasteiger partial charge is 0.314 e. The third-order valence-electron chi connectivity index (χ3n) is 5.50. The van der Waals surface area contributed by atoms with Gasteiger partial charge in [0.1, 0.15) is 5.82 Å². The maximum atomic E-state index is 13.3. The van der Waals surface area contributed by atoms with Gasteiger partial charge in [-0.1, -0.05) is 6.42 Å². The average molecular weight is 425 g/mol. The van der Waals surface area contributed by atoms with Gasteiger partial charge < -0.3 is 4.57 Å². The van der Waals surface area contributed by atoms with Crippen LogP contribution in [0, 0.1) is 0 Å². The molecule has 3 heterocycles. The molecule has 8 nitrogen and oxygen atoms in total. The van der Waals surface area contributed by atoms with E-state index in [1.807, 2.05) is 0 Å². The van der Waals surface area contributed by atoms with Gasteiger partial charge in [0, 0.05) is 25.8 Å². The van der Waals surface area contributed by atoms with Crippen molar-refractivity contribution < 1.29 is 16.8 Å². The molecule has 152 valence electrons. The summed E-state index contributed by atoms with van der Waals surface area (Å²) in [5.41, 5.74) is 0. The predicted octanol–water partition coefficient (Wildman–Crippen LogP) is 1.93. The second kappa shape index (κ2) is 7.23. The molecule has 1 atom stereocenters. The van der Waals surface area contributed by atoms with E-state index in [2.05, 4.69) is 14.8 Å². The molecule has 0 radical (unpaired) electrons. The van der Waals surface area contributed by atoms with Gasteiger partial charge in [-0.2, -0.15) is 4.31 Å². The Morgan fingerprint density at radius 2 is 1.61 bits per heavy atom. The van der Waals surface area contributed by atoms with Crippen molar-refractivity contribution in [1.29, 1.82) is 0 Å². The molecule has 2 aliphatic rings. The first kappa shape index (κ1) is 19.5. The molecule has 1 unspecified atom stereocenters. The van der Waals surface area contributed by atoms with Crippen molar-refractivity contribution in [1.82, 2.24) is 19.1 Å². The highest BCUT2D eigenvalue weighted by Gasteiger charge is 2.39. The Kier molecular flexibility index (Phi) is 5.05. The summed E-state index contributed by atoms with van der Waals surface area (Å²) in [4.78, 5) is 0.203. The monoisotopic (exact) mass is 424 g/mol. The molecule has 2 aromatic rings. The first-order chi connectivity index (χ1) is 13.3. The van der Waals surface area contributed by atoms with Crippen LogP contribution >= 0.6 is 0 Å². The van der Waals surface area contributed by atoms with Gasteiger partial charge in [0.2, 0.25) is 10.0 Å². The first-order valence-corrected chi connectivity index (χ1v) is 12.9. The number of hydrogen-bond acceptors (Lipinski definition) is 6. The topological polar surface area (TPSA) is 102 Å². The SMILES string of the molecule is CS(=O)(=O)c1ccc(S(=O)(=O)N2CCCC2c2nnc3n2CCCCC3)cc1. The number of aromatic nitrogens is 3. The van der Waals surface area contributed by atoms with Gasteiger partial charge in [0.15, 0.2) is 15.7 Å². The van der Waals surface area contributed by atoms with E-state index in [4.69, 9.17) is 0 Å². The van der Waals surface area contributed by atoms with E-state index in [0.717, 1.165) is 56.6 Å². The van der Waals surface area contributed by atoms with Crippen LogP contribution in [0.1, 0.15) is 49.8 Å². The van der Waals surface area contributed by atoms with E-state index in [9.17, 15) is 16.8 Å². The summed E-state index contributed by atoms with van der Waals surface area (Å²) in [7, 11) is -7.13. The Morgan fingerprint density at radius 1 is 0.893 bits per heavy atom. The first-order valence-electron chi connectivity index (χ1n) is 9.52. The summed E-state index contributed by atoms with van der Waals surface area (Å²) >= 11 is 0. The van der Waals surface area contributed by atoms with Crippen LogP contribution in [0.2, 0.25) is 0 Å². The maximum absolute atomic E-state index is 13.3. The molecule has 28 heavy (non-hydrogen) atoms. The lowest BCUT2D eigenvalue weighted by atomic mass is 10.2. The Labute approximate surface area is 165 Å². The van der Waals surface area contributed by atoms with Gasteiger partial charge in [0.25, 0.3) is 0 Å². The van der Waals surface area contributed by atoms with E-state index in [-0.39, 0.29) is 15.8 Å². The zero-order valence-corrected chi connectivity index (χ0v) is 17.4. The third-order valence-corrected chi connectivity index (χ3v) is 8.55. The van der Waals surface area contributed by atoms with Crippen molar-refractivity contribution in [3.8, 4) is 0 Å². The molecule has 0 saturated carbocycles. The lowest BCUT2D eigenvalue weighted by Gasteiger charge is -2.24. The summed E-state index contributed by atoms with van der Waals surface area (Å²) in [5.74, 6) is 1.67. The van der Waals surface area contributed by atoms with Crippen LogP contribution in [-0.4, -0.2) is 48.7 Å². The van der Waals surface area contributed by atoms with Crippen LogP contribution in [0.5, 0.6) is 0 Å². The Morgan fingerprint density at radius 3 is 2.32 bits per heavy atom. The third kappa shape index (κ3) is 3.48. The number of fused-ring (bicyclic) bond motifs is 1. The molecule has 1 fully saturated rings. The predicted molar refractivity (Wildman–Crippen MR) is 103 cm³/mol. The highest BCUT2D eigenvalue weighted by molar-refractivity contribution is 7.90. The van der Waals surface area contributed by atoms with Crippen molar-refractivity contribution in [2.75, 3.05) is 12.8 Å². The highest BCUT2D eigenvalue weighted by Crippen LogP contribution is 2.36. The highest BCUT2D eigenvalue weighted by atomic mass is 32.2.